The maximum Gasteiger partial charge on any atom is 0.313 e. The highest BCUT2D eigenvalue weighted by molar-refractivity contribution is 5.87. The number of carbonyl (C=O) groups excluding carboxylic acids is 2. The molecule has 0 aliphatic carbocycles. The summed E-state index contributed by atoms with van der Waals surface area (Å²) >= 11 is 0. The third-order valence-electron chi connectivity index (χ3n) is 5.20. The van der Waals surface area contributed by atoms with Crippen LogP contribution in [0, 0.1) is 5.92 Å². The molecule has 2 aromatic carbocycles. The van der Waals surface area contributed by atoms with Crippen molar-refractivity contribution in [1.29, 1.82) is 0 Å². The second-order valence-electron chi connectivity index (χ2n) is 7.04. The first-order valence-electron chi connectivity index (χ1n) is 9.38. The molecule has 1 aliphatic heterocycles. The van der Waals surface area contributed by atoms with Crippen LogP contribution >= 0.6 is 0 Å². The van der Waals surface area contributed by atoms with E-state index in [4.69, 9.17) is 4.74 Å². The number of hydrogen-bond donors (Lipinski definition) is 0. The molecule has 2 heterocycles. The second-order valence-corrected chi connectivity index (χ2v) is 7.04. The Kier molecular flexibility index (Phi) is 5.07. The molecule has 0 saturated carbocycles. The SMILES string of the molecule is C[C@@H](c1ccccc1)N1C[C@@H](C(=O)OCn2nnc3ccccc3c2=O)CC1=O. The minimum atomic E-state index is -0.572. The number of esters is 1. The molecule has 0 unspecified atom stereocenters. The van der Waals surface area contributed by atoms with E-state index < -0.39 is 11.9 Å². The van der Waals surface area contributed by atoms with Gasteiger partial charge in [-0.1, -0.05) is 47.7 Å². The molecule has 8 heteroatoms. The Morgan fingerprint density at radius 1 is 1.14 bits per heavy atom. The Labute approximate surface area is 166 Å². The van der Waals surface area contributed by atoms with Crippen LogP contribution in [0.15, 0.2) is 59.4 Å². The summed E-state index contributed by atoms with van der Waals surface area (Å²) in [6.07, 6.45) is 0.0916. The number of carbonyl (C=O) groups is 2. The number of hydrogen-bond acceptors (Lipinski definition) is 6. The maximum absolute atomic E-state index is 12.5. The lowest BCUT2D eigenvalue weighted by Gasteiger charge is -2.25. The molecule has 148 valence electrons. The Bertz CT molecular complexity index is 1110. The van der Waals surface area contributed by atoms with Crippen LogP contribution in [0.2, 0.25) is 0 Å². The number of amides is 1. The molecule has 2 atom stereocenters. The molecule has 0 spiro atoms. The number of aromatic nitrogens is 3. The molecular weight excluding hydrogens is 372 g/mol. The van der Waals surface area contributed by atoms with Crippen molar-refractivity contribution in [2.45, 2.75) is 26.1 Å². The summed E-state index contributed by atoms with van der Waals surface area (Å²) in [5.41, 5.74) is 1.10. The highest BCUT2D eigenvalue weighted by Gasteiger charge is 2.38. The second kappa shape index (κ2) is 7.83. The van der Waals surface area contributed by atoms with Gasteiger partial charge in [0.05, 0.1) is 17.3 Å². The van der Waals surface area contributed by atoms with Crippen molar-refractivity contribution in [3.8, 4) is 0 Å². The Hall–Kier alpha value is -3.55. The van der Waals surface area contributed by atoms with Crippen LogP contribution in [-0.4, -0.2) is 38.3 Å². The predicted octanol–water partition coefficient (Wildman–Crippen LogP) is 1.90. The third-order valence-corrected chi connectivity index (χ3v) is 5.20. The normalized spacial score (nSPS) is 17.5. The van der Waals surface area contributed by atoms with Crippen LogP contribution in [0.1, 0.15) is 24.9 Å². The molecular formula is C21H20N4O4. The van der Waals surface area contributed by atoms with Gasteiger partial charge in [0.1, 0.15) is 5.52 Å². The highest BCUT2D eigenvalue weighted by Crippen LogP contribution is 2.29. The van der Waals surface area contributed by atoms with Crippen LogP contribution in [0.3, 0.4) is 0 Å². The number of nitrogens with zero attached hydrogens (tertiary/aromatic N) is 4. The van der Waals surface area contributed by atoms with Gasteiger partial charge in [-0.05, 0) is 24.6 Å². The van der Waals surface area contributed by atoms with Crippen molar-refractivity contribution < 1.29 is 14.3 Å². The molecule has 1 amide bonds. The number of rotatable bonds is 5. The summed E-state index contributed by atoms with van der Waals surface area (Å²) in [5, 5.41) is 8.16. The van der Waals surface area contributed by atoms with Gasteiger partial charge in [0.25, 0.3) is 5.56 Å². The predicted molar refractivity (Wildman–Crippen MR) is 105 cm³/mol. The van der Waals surface area contributed by atoms with Crippen molar-refractivity contribution >= 4 is 22.8 Å². The number of likely N-dealkylation sites (tertiary alicyclic amines) is 1. The fraction of sp³-hybridized carbons (Fsp3) is 0.286. The smallest absolute Gasteiger partial charge is 0.313 e. The van der Waals surface area contributed by atoms with E-state index in [-0.39, 0.29) is 37.2 Å². The first-order valence-corrected chi connectivity index (χ1v) is 9.38. The van der Waals surface area contributed by atoms with Crippen LogP contribution in [0.4, 0.5) is 0 Å². The molecule has 8 nitrogen and oxygen atoms in total. The highest BCUT2D eigenvalue weighted by atomic mass is 16.5. The minimum Gasteiger partial charge on any atom is -0.442 e. The zero-order chi connectivity index (χ0) is 20.4. The average Bonchev–Trinajstić information content (AvgIpc) is 3.15. The largest absolute Gasteiger partial charge is 0.442 e. The topological polar surface area (TPSA) is 94.4 Å². The van der Waals surface area contributed by atoms with Gasteiger partial charge < -0.3 is 9.64 Å². The summed E-state index contributed by atoms with van der Waals surface area (Å²) < 4.78 is 6.27. The Morgan fingerprint density at radius 3 is 2.66 bits per heavy atom. The van der Waals surface area contributed by atoms with Crippen molar-refractivity contribution in [3.05, 3.63) is 70.5 Å². The summed E-state index contributed by atoms with van der Waals surface area (Å²) in [4.78, 5) is 39.0. The zero-order valence-corrected chi connectivity index (χ0v) is 15.9. The van der Waals surface area contributed by atoms with Crippen molar-refractivity contribution in [2.24, 2.45) is 5.92 Å². The van der Waals surface area contributed by atoms with E-state index in [0.29, 0.717) is 10.9 Å². The molecule has 0 N–H and O–H groups in total. The van der Waals surface area contributed by atoms with E-state index in [9.17, 15) is 14.4 Å². The monoisotopic (exact) mass is 392 g/mol. The lowest BCUT2D eigenvalue weighted by Crippen LogP contribution is -2.31. The summed E-state index contributed by atoms with van der Waals surface area (Å²) in [5.74, 6) is -1.19. The van der Waals surface area contributed by atoms with E-state index in [1.807, 2.05) is 37.3 Å². The molecule has 4 rings (SSSR count). The van der Waals surface area contributed by atoms with Crippen molar-refractivity contribution in [1.82, 2.24) is 19.9 Å². The molecule has 1 saturated heterocycles. The number of benzene rings is 2. The molecule has 0 radical (unpaired) electrons. The van der Waals surface area contributed by atoms with Gasteiger partial charge in [-0.15, -0.1) is 5.10 Å². The molecule has 1 aliphatic rings. The molecule has 1 aromatic heterocycles. The van der Waals surface area contributed by atoms with E-state index in [1.54, 1.807) is 29.2 Å². The lowest BCUT2D eigenvalue weighted by molar-refractivity contribution is -0.152. The van der Waals surface area contributed by atoms with E-state index in [1.165, 1.54) is 0 Å². The van der Waals surface area contributed by atoms with Crippen molar-refractivity contribution in [3.63, 3.8) is 0 Å². The molecule has 0 bridgehead atoms. The summed E-state index contributed by atoms with van der Waals surface area (Å²) in [6, 6.07) is 16.4. The Morgan fingerprint density at radius 2 is 1.86 bits per heavy atom. The van der Waals surface area contributed by atoms with Gasteiger partial charge in [0.2, 0.25) is 5.91 Å². The fourth-order valence-electron chi connectivity index (χ4n) is 3.53. The van der Waals surface area contributed by atoms with E-state index in [0.717, 1.165) is 10.2 Å². The quantitative estimate of drug-likeness (QED) is 0.616. The average molecular weight is 392 g/mol. The van der Waals surface area contributed by atoms with Gasteiger partial charge >= 0.3 is 5.97 Å². The van der Waals surface area contributed by atoms with Crippen LogP contribution < -0.4 is 5.56 Å². The van der Waals surface area contributed by atoms with Crippen molar-refractivity contribution in [2.75, 3.05) is 6.54 Å². The van der Waals surface area contributed by atoms with Gasteiger partial charge in [-0.3, -0.25) is 14.4 Å². The number of fused-ring (bicyclic) bond motifs is 1. The van der Waals surface area contributed by atoms with E-state index >= 15 is 0 Å². The zero-order valence-electron chi connectivity index (χ0n) is 15.9. The lowest BCUT2D eigenvalue weighted by atomic mass is 10.1. The summed E-state index contributed by atoms with van der Waals surface area (Å²) in [6.45, 7) is 1.88. The van der Waals surface area contributed by atoms with Crippen LogP contribution in [0.25, 0.3) is 10.9 Å². The van der Waals surface area contributed by atoms with Crippen LogP contribution in [-0.2, 0) is 21.1 Å². The molecule has 1 fully saturated rings. The molecule has 29 heavy (non-hydrogen) atoms. The maximum atomic E-state index is 12.5. The van der Waals surface area contributed by atoms with Gasteiger partial charge in [-0.2, -0.15) is 4.68 Å². The van der Waals surface area contributed by atoms with Gasteiger partial charge in [0, 0.05) is 13.0 Å². The number of ether oxygens (including phenoxy) is 1. The van der Waals surface area contributed by atoms with Gasteiger partial charge in [-0.25, -0.2) is 0 Å². The Balaban J connectivity index is 1.41. The first kappa shape index (κ1) is 18.8. The standard InChI is InChI=1S/C21H20N4O4/c1-14(15-7-3-2-4-8-15)24-12-16(11-19(24)26)21(28)29-13-25-20(27)17-9-5-6-10-18(17)22-23-25/h2-10,14,16H,11-13H2,1H3/t14-,16-/m0/s1. The third kappa shape index (κ3) is 3.73. The fourth-order valence-corrected chi connectivity index (χ4v) is 3.53. The molecule has 3 aromatic rings. The summed E-state index contributed by atoms with van der Waals surface area (Å²) in [7, 11) is 0. The van der Waals surface area contributed by atoms with Crippen LogP contribution in [0.5, 0.6) is 0 Å². The first-order chi connectivity index (χ1) is 14.0. The minimum absolute atomic E-state index is 0.0916. The van der Waals surface area contributed by atoms with E-state index in [2.05, 4.69) is 10.3 Å². The van der Waals surface area contributed by atoms with Gasteiger partial charge in [0.15, 0.2) is 6.73 Å².